The average molecular weight is 240 g/mol. The molecule has 2 fully saturated rings. The van der Waals surface area contributed by atoms with E-state index in [-0.39, 0.29) is 0 Å². The Balaban J connectivity index is 1.75. The first-order chi connectivity index (χ1) is 8.09. The van der Waals surface area contributed by atoms with Crippen molar-refractivity contribution in [2.75, 3.05) is 32.7 Å². The molecule has 2 aliphatic heterocycles. The Morgan fingerprint density at radius 3 is 2.47 bits per heavy atom. The van der Waals surface area contributed by atoms with Crippen LogP contribution in [0, 0.1) is 5.41 Å². The molecule has 1 N–H and O–H groups in total. The van der Waals surface area contributed by atoms with Gasteiger partial charge in [-0.1, -0.05) is 20.8 Å². The Bertz CT molecular complexity index is 230. The summed E-state index contributed by atoms with van der Waals surface area (Å²) in [6.07, 6.45) is 4.81. The molecule has 2 aliphatic rings. The maximum Gasteiger partial charge on any atom is 0.0707 e. The van der Waals surface area contributed by atoms with Crippen LogP contribution < -0.4 is 5.32 Å². The van der Waals surface area contributed by atoms with E-state index in [4.69, 9.17) is 4.74 Å². The highest BCUT2D eigenvalue weighted by Gasteiger charge is 2.35. The average Bonchev–Trinajstić information content (AvgIpc) is 2.58. The van der Waals surface area contributed by atoms with E-state index < -0.39 is 0 Å². The highest BCUT2D eigenvalue weighted by atomic mass is 16.5. The predicted octanol–water partition coefficient (Wildman–Crippen LogP) is 1.88. The van der Waals surface area contributed by atoms with Crippen LogP contribution in [-0.4, -0.2) is 49.8 Å². The van der Waals surface area contributed by atoms with Crippen LogP contribution in [0.4, 0.5) is 0 Å². The van der Waals surface area contributed by atoms with Crippen LogP contribution in [0.2, 0.25) is 0 Å². The summed E-state index contributed by atoms with van der Waals surface area (Å²) in [6, 6.07) is 0. The zero-order valence-electron chi connectivity index (χ0n) is 11.7. The molecule has 0 aromatic heterocycles. The van der Waals surface area contributed by atoms with Gasteiger partial charge in [-0.05, 0) is 31.2 Å². The van der Waals surface area contributed by atoms with Crippen LogP contribution in [0.15, 0.2) is 0 Å². The number of hydrogen-bond acceptors (Lipinski definition) is 3. The minimum atomic E-state index is 0.367. The lowest BCUT2D eigenvalue weighted by atomic mass is 9.92. The molecule has 0 aromatic carbocycles. The molecule has 2 heterocycles. The number of fused-ring (bicyclic) bond motifs is 2. The summed E-state index contributed by atoms with van der Waals surface area (Å²) in [5, 5.41) is 3.55. The first-order valence-corrected chi connectivity index (χ1v) is 7.17. The predicted molar refractivity (Wildman–Crippen MR) is 71.3 cm³/mol. The lowest BCUT2D eigenvalue weighted by Crippen LogP contribution is -2.48. The van der Waals surface area contributed by atoms with Crippen molar-refractivity contribution in [3.63, 3.8) is 0 Å². The summed E-state index contributed by atoms with van der Waals surface area (Å²) in [6.45, 7) is 12.7. The molecular formula is C14H28N2O. The van der Waals surface area contributed by atoms with Gasteiger partial charge in [0.25, 0.3) is 0 Å². The van der Waals surface area contributed by atoms with Crippen LogP contribution in [-0.2, 0) is 4.74 Å². The van der Waals surface area contributed by atoms with Crippen molar-refractivity contribution in [3.05, 3.63) is 0 Å². The Hall–Kier alpha value is -0.120. The third-order valence-electron chi connectivity index (χ3n) is 3.80. The highest BCUT2D eigenvalue weighted by Crippen LogP contribution is 2.28. The second kappa shape index (κ2) is 5.68. The van der Waals surface area contributed by atoms with E-state index in [1.165, 1.54) is 25.8 Å². The van der Waals surface area contributed by atoms with Crippen molar-refractivity contribution in [1.29, 1.82) is 0 Å². The van der Waals surface area contributed by atoms with Gasteiger partial charge in [0.2, 0.25) is 0 Å². The first-order valence-electron chi connectivity index (χ1n) is 7.17. The van der Waals surface area contributed by atoms with E-state index in [0.717, 1.165) is 26.2 Å². The fourth-order valence-electron chi connectivity index (χ4n) is 3.09. The van der Waals surface area contributed by atoms with Gasteiger partial charge in [-0.15, -0.1) is 0 Å². The summed E-state index contributed by atoms with van der Waals surface area (Å²) in [7, 11) is 0. The van der Waals surface area contributed by atoms with Gasteiger partial charge in [0.15, 0.2) is 0 Å². The third-order valence-corrected chi connectivity index (χ3v) is 3.80. The first kappa shape index (κ1) is 13.3. The van der Waals surface area contributed by atoms with Crippen LogP contribution in [0.25, 0.3) is 0 Å². The second-order valence-corrected chi connectivity index (χ2v) is 6.49. The summed E-state index contributed by atoms with van der Waals surface area (Å²) in [4.78, 5) is 2.61. The number of hydrogen-bond donors (Lipinski definition) is 1. The molecule has 0 spiro atoms. The number of likely N-dealkylation sites (tertiary alicyclic amines) is 1. The molecule has 2 saturated heterocycles. The van der Waals surface area contributed by atoms with Crippen molar-refractivity contribution < 1.29 is 4.74 Å². The molecule has 3 nitrogen and oxygen atoms in total. The summed E-state index contributed by atoms with van der Waals surface area (Å²) < 4.78 is 5.88. The second-order valence-electron chi connectivity index (χ2n) is 6.49. The third kappa shape index (κ3) is 3.94. The molecule has 0 amide bonds. The minimum absolute atomic E-state index is 0.367. The van der Waals surface area contributed by atoms with E-state index in [1.54, 1.807) is 0 Å². The van der Waals surface area contributed by atoms with Crippen LogP contribution >= 0.6 is 0 Å². The standard InChI is InChI=1S/C14H28N2O/c1-4-7-15-10-14(2,3)11-16-8-12-5-6-13(9-16)17-12/h12-13,15H,4-11H2,1-3H3. The summed E-state index contributed by atoms with van der Waals surface area (Å²) in [5.74, 6) is 0. The topological polar surface area (TPSA) is 24.5 Å². The minimum Gasteiger partial charge on any atom is -0.372 e. The zero-order valence-corrected chi connectivity index (χ0v) is 11.7. The Labute approximate surface area is 106 Å². The van der Waals surface area contributed by atoms with Gasteiger partial charge in [0.1, 0.15) is 0 Å². The molecule has 100 valence electrons. The molecule has 2 unspecified atom stereocenters. The van der Waals surface area contributed by atoms with Crippen LogP contribution in [0.5, 0.6) is 0 Å². The van der Waals surface area contributed by atoms with Gasteiger partial charge in [0, 0.05) is 26.2 Å². The zero-order chi connectivity index (χ0) is 12.3. The Morgan fingerprint density at radius 2 is 1.88 bits per heavy atom. The summed E-state index contributed by atoms with van der Waals surface area (Å²) >= 11 is 0. The molecule has 0 aromatic rings. The van der Waals surface area contributed by atoms with Crippen LogP contribution in [0.3, 0.4) is 0 Å². The number of ether oxygens (including phenoxy) is 1. The number of nitrogens with one attached hydrogen (secondary N) is 1. The van der Waals surface area contributed by atoms with E-state index in [1.807, 2.05) is 0 Å². The smallest absolute Gasteiger partial charge is 0.0707 e. The molecule has 2 rings (SSSR count). The summed E-state index contributed by atoms with van der Waals surface area (Å²) in [5.41, 5.74) is 0.367. The van der Waals surface area contributed by atoms with Crippen molar-refractivity contribution >= 4 is 0 Å². The fraction of sp³-hybridized carbons (Fsp3) is 1.00. The van der Waals surface area contributed by atoms with Crippen molar-refractivity contribution in [3.8, 4) is 0 Å². The van der Waals surface area contributed by atoms with Gasteiger partial charge < -0.3 is 10.1 Å². The lowest BCUT2D eigenvalue weighted by molar-refractivity contribution is -0.0476. The molecule has 2 atom stereocenters. The lowest BCUT2D eigenvalue weighted by Gasteiger charge is -2.37. The number of morpholine rings is 1. The number of rotatable bonds is 6. The molecule has 3 heteroatoms. The highest BCUT2D eigenvalue weighted by molar-refractivity contribution is 4.87. The normalized spacial score (nSPS) is 29.8. The number of nitrogens with zero attached hydrogens (tertiary/aromatic N) is 1. The molecule has 0 saturated carbocycles. The monoisotopic (exact) mass is 240 g/mol. The molecule has 0 aliphatic carbocycles. The van der Waals surface area contributed by atoms with E-state index >= 15 is 0 Å². The van der Waals surface area contributed by atoms with Crippen molar-refractivity contribution in [2.45, 2.75) is 52.2 Å². The maximum absolute atomic E-state index is 5.88. The van der Waals surface area contributed by atoms with Crippen molar-refractivity contribution in [1.82, 2.24) is 10.2 Å². The van der Waals surface area contributed by atoms with Gasteiger partial charge >= 0.3 is 0 Å². The van der Waals surface area contributed by atoms with E-state index in [9.17, 15) is 0 Å². The molecule has 2 bridgehead atoms. The van der Waals surface area contributed by atoms with Gasteiger partial charge in [-0.2, -0.15) is 0 Å². The largest absolute Gasteiger partial charge is 0.372 e. The van der Waals surface area contributed by atoms with E-state index in [2.05, 4.69) is 31.0 Å². The molecule has 17 heavy (non-hydrogen) atoms. The van der Waals surface area contributed by atoms with E-state index in [0.29, 0.717) is 17.6 Å². The maximum atomic E-state index is 5.88. The van der Waals surface area contributed by atoms with Gasteiger partial charge in [-0.25, -0.2) is 0 Å². The SMILES string of the molecule is CCCNCC(C)(C)CN1CC2CCC(C1)O2. The van der Waals surface area contributed by atoms with Gasteiger partial charge in [-0.3, -0.25) is 4.90 Å². The molecular weight excluding hydrogens is 212 g/mol. The quantitative estimate of drug-likeness (QED) is 0.717. The molecule has 0 radical (unpaired) electrons. The Morgan fingerprint density at radius 1 is 1.24 bits per heavy atom. The van der Waals surface area contributed by atoms with Crippen LogP contribution in [0.1, 0.15) is 40.0 Å². The Kier molecular flexibility index (Phi) is 4.45. The fourth-order valence-corrected chi connectivity index (χ4v) is 3.09. The van der Waals surface area contributed by atoms with Gasteiger partial charge in [0.05, 0.1) is 12.2 Å². The van der Waals surface area contributed by atoms with Crippen molar-refractivity contribution in [2.24, 2.45) is 5.41 Å².